The molecule has 1 N–H and O–H groups in total. The molecule has 0 radical (unpaired) electrons. The highest BCUT2D eigenvalue weighted by molar-refractivity contribution is 5.95. The lowest BCUT2D eigenvalue weighted by atomic mass is 10.0. The molecule has 0 atom stereocenters. The second-order valence-electron chi connectivity index (χ2n) is 7.49. The molecule has 0 unspecified atom stereocenters. The summed E-state index contributed by atoms with van der Waals surface area (Å²) in [5.74, 6) is 0.738. The van der Waals surface area contributed by atoms with Crippen molar-refractivity contribution in [3.05, 3.63) is 66.0 Å². The molecule has 1 fully saturated rings. The van der Waals surface area contributed by atoms with Gasteiger partial charge in [-0.05, 0) is 43.2 Å². The summed E-state index contributed by atoms with van der Waals surface area (Å²) < 4.78 is 12.1. The summed E-state index contributed by atoms with van der Waals surface area (Å²) in [6, 6.07) is 14.6. The number of piperidine rings is 1. The number of likely N-dealkylation sites (tertiary alicyclic amines) is 1. The topological polar surface area (TPSA) is 98.6 Å². The molecule has 0 saturated carbocycles. The highest BCUT2D eigenvalue weighted by Crippen LogP contribution is 2.27. The van der Waals surface area contributed by atoms with Crippen LogP contribution in [0, 0.1) is 0 Å². The maximum absolute atomic E-state index is 12.8. The first-order chi connectivity index (χ1) is 15.6. The molecule has 1 aromatic heterocycles. The number of nitrogens with one attached hydrogen (secondary N) is 1. The number of hydrogen-bond acceptors (Lipinski definition) is 6. The number of amides is 2. The van der Waals surface area contributed by atoms with Crippen LogP contribution in [0.15, 0.2) is 54.7 Å². The van der Waals surface area contributed by atoms with E-state index in [1.165, 1.54) is 7.11 Å². The van der Waals surface area contributed by atoms with E-state index in [0.29, 0.717) is 48.7 Å². The Hall–Kier alpha value is -3.88. The SMILES string of the molecule is COc1ccc(C(=O)NC2CCN(C(=O)c3cn(-c4ccccc4)nn3)CC2)cc1OC. The van der Waals surface area contributed by atoms with Crippen molar-refractivity contribution in [3.63, 3.8) is 0 Å². The number of benzene rings is 2. The van der Waals surface area contributed by atoms with Gasteiger partial charge in [0.25, 0.3) is 11.8 Å². The summed E-state index contributed by atoms with van der Waals surface area (Å²) in [6.45, 7) is 1.07. The Morgan fingerprint density at radius 2 is 1.72 bits per heavy atom. The van der Waals surface area contributed by atoms with Crippen LogP contribution in [-0.4, -0.2) is 65.1 Å². The third-order valence-electron chi connectivity index (χ3n) is 5.50. The first-order valence-electron chi connectivity index (χ1n) is 10.4. The molecule has 2 heterocycles. The van der Waals surface area contributed by atoms with Gasteiger partial charge in [-0.15, -0.1) is 5.10 Å². The third-order valence-corrected chi connectivity index (χ3v) is 5.50. The Bertz CT molecular complexity index is 1090. The van der Waals surface area contributed by atoms with Crippen molar-refractivity contribution in [1.29, 1.82) is 0 Å². The van der Waals surface area contributed by atoms with E-state index < -0.39 is 0 Å². The van der Waals surface area contributed by atoms with Gasteiger partial charge in [0.2, 0.25) is 0 Å². The summed E-state index contributed by atoms with van der Waals surface area (Å²) in [7, 11) is 3.08. The quantitative estimate of drug-likeness (QED) is 0.638. The number of carbonyl (C=O) groups excluding carboxylic acids is 2. The van der Waals surface area contributed by atoms with Crippen molar-refractivity contribution in [2.24, 2.45) is 0 Å². The first-order valence-corrected chi connectivity index (χ1v) is 10.4. The largest absolute Gasteiger partial charge is 0.493 e. The van der Waals surface area contributed by atoms with Gasteiger partial charge in [-0.1, -0.05) is 23.4 Å². The summed E-state index contributed by atoms with van der Waals surface area (Å²) in [5.41, 5.74) is 1.65. The first kappa shape index (κ1) is 21.4. The molecule has 1 aliphatic rings. The second kappa shape index (κ2) is 9.51. The average Bonchev–Trinajstić information content (AvgIpc) is 3.34. The van der Waals surface area contributed by atoms with E-state index in [0.717, 1.165) is 5.69 Å². The Morgan fingerprint density at radius 1 is 1.00 bits per heavy atom. The minimum Gasteiger partial charge on any atom is -0.493 e. The van der Waals surface area contributed by atoms with Gasteiger partial charge in [-0.3, -0.25) is 9.59 Å². The number of hydrogen-bond donors (Lipinski definition) is 1. The van der Waals surface area contributed by atoms with Crippen molar-refractivity contribution >= 4 is 11.8 Å². The van der Waals surface area contributed by atoms with Crippen LogP contribution < -0.4 is 14.8 Å². The fourth-order valence-corrected chi connectivity index (χ4v) is 3.70. The molecule has 1 saturated heterocycles. The van der Waals surface area contributed by atoms with Gasteiger partial charge < -0.3 is 19.7 Å². The minimum atomic E-state index is -0.179. The summed E-state index contributed by atoms with van der Waals surface area (Å²) >= 11 is 0. The molecule has 9 nitrogen and oxygen atoms in total. The van der Waals surface area contributed by atoms with Crippen molar-refractivity contribution in [2.45, 2.75) is 18.9 Å². The van der Waals surface area contributed by atoms with Gasteiger partial charge in [0, 0.05) is 24.7 Å². The van der Waals surface area contributed by atoms with E-state index in [2.05, 4.69) is 15.6 Å². The number of rotatable bonds is 6. The zero-order valence-corrected chi connectivity index (χ0v) is 18.0. The van der Waals surface area contributed by atoms with Crippen LogP contribution in [0.1, 0.15) is 33.7 Å². The predicted molar refractivity (Wildman–Crippen MR) is 117 cm³/mol. The highest BCUT2D eigenvalue weighted by Gasteiger charge is 2.26. The minimum absolute atomic E-state index is 0.0142. The monoisotopic (exact) mass is 435 g/mol. The van der Waals surface area contributed by atoms with Crippen LogP contribution in [0.4, 0.5) is 0 Å². The van der Waals surface area contributed by atoms with E-state index in [9.17, 15) is 9.59 Å². The smallest absolute Gasteiger partial charge is 0.276 e. The molecule has 0 aliphatic carbocycles. The lowest BCUT2D eigenvalue weighted by molar-refractivity contribution is 0.0692. The second-order valence-corrected chi connectivity index (χ2v) is 7.49. The summed E-state index contributed by atoms with van der Waals surface area (Å²) in [5, 5.41) is 11.1. The fourth-order valence-electron chi connectivity index (χ4n) is 3.70. The normalized spacial score (nSPS) is 14.1. The van der Waals surface area contributed by atoms with E-state index in [1.807, 2.05) is 30.3 Å². The lowest BCUT2D eigenvalue weighted by Gasteiger charge is -2.32. The molecule has 0 spiro atoms. The van der Waals surface area contributed by atoms with Gasteiger partial charge in [0.15, 0.2) is 17.2 Å². The number of ether oxygens (including phenoxy) is 2. The molecule has 1 aliphatic heterocycles. The number of carbonyl (C=O) groups is 2. The Labute approximate surface area is 185 Å². The standard InChI is InChI=1S/C23H25N5O4/c1-31-20-9-8-16(14-21(20)32-2)22(29)24-17-10-12-27(13-11-17)23(30)19-15-28(26-25-19)18-6-4-3-5-7-18/h3-9,14-15,17H,10-13H2,1-2H3,(H,24,29). The highest BCUT2D eigenvalue weighted by atomic mass is 16.5. The third kappa shape index (κ3) is 4.56. The molecule has 0 bridgehead atoms. The van der Waals surface area contributed by atoms with Crippen LogP contribution in [0.5, 0.6) is 11.5 Å². The molecule has 9 heteroatoms. The molecular weight excluding hydrogens is 410 g/mol. The van der Waals surface area contributed by atoms with Crippen LogP contribution in [0.25, 0.3) is 5.69 Å². The summed E-state index contributed by atoms with van der Waals surface area (Å²) in [4.78, 5) is 27.2. The van der Waals surface area contributed by atoms with E-state index >= 15 is 0 Å². The van der Waals surface area contributed by atoms with Crippen LogP contribution >= 0.6 is 0 Å². The average molecular weight is 435 g/mol. The molecule has 2 amide bonds. The Balaban J connectivity index is 1.33. The van der Waals surface area contributed by atoms with E-state index in [-0.39, 0.29) is 17.9 Å². The number of aromatic nitrogens is 3. The van der Waals surface area contributed by atoms with Gasteiger partial charge in [0.05, 0.1) is 26.1 Å². The maximum atomic E-state index is 12.8. The Kier molecular flexibility index (Phi) is 6.34. The number of para-hydroxylation sites is 1. The lowest BCUT2D eigenvalue weighted by Crippen LogP contribution is -2.46. The predicted octanol–water partition coefficient (Wildman–Crippen LogP) is 2.32. The van der Waals surface area contributed by atoms with Gasteiger partial charge in [-0.2, -0.15) is 0 Å². The van der Waals surface area contributed by atoms with Crippen molar-refractivity contribution in [1.82, 2.24) is 25.2 Å². The van der Waals surface area contributed by atoms with Gasteiger partial charge >= 0.3 is 0 Å². The zero-order chi connectivity index (χ0) is 22.5. The van der Waals surface area contributed by atoms with Crippen molar-refractivity contribution in [3.8, 4) is 17.2 Å². The molecule has 3 aromatic rings. The van der Waals surface area contributed by atoms with Crippen molar-refractivity contribution < 1.29 is 19.1 Å². The number of methoxy groups -OCH3 is 2. The Morgan fingerprint density at radius 3 is 2.41 bits per heavy atom. The van der Waals surface area contributed by atoms with E-state index in [1.54, 1.807) is 41.1 Å². The molecular formula is C23H25N5O4. The zero-order valence-electron chi connectivity index (χ0n) is 18.0. The number of nitrogens with zero attached hydrogens (tertiary/aromatic N) is 4. The van der Waals surface area contributed by atoms with Gasteiger partial charge in [0.1, 0.15) is 0 Å². The maximum Gasteiger partial charge on any atom is 0.276 e. The molecule has 166 valence electrons. The molecule has 2 aromatic carbocycles. The summed E-state index contributed by atoms with van der Waals surface area (Å²) in [6.07, 6.45) is 2.97. The molecule has 4 rings (SSSR count). The fraction of sp³-hybridized carbons (Fsp3) is 0.304. The van der Waals surface area contributed by atoms with Crippen LogP contribution in [0.3, 0.4) is 0 Å². The van der Waals surface area contributed by atoms with Crippen LogP contribution in [-0.2, 0) is 0 Å². The van der Waals surface area contributed by atoms with Crippen LogP contribution in [0.2, 0.25) is 0 Å². The van der Waals surface area contributed by atoms with E-state index in [4.69, 9.17) is 9.47 Å². The van der Waals surface area contributed by atoms with Gasteiger partial charge in [-0.25, -0.2) is 4.68 Å². The van der Waals surface area contributed by atoms with Crippen molar-refractivity contribution in [2.75, 3.05) is 27.3 Å². The molecule has 32 heavy (non-hydrogen) atoms.